The molecule has 0 bridgehead atoms. The topological polar surface area (TPSA) is 84.7 Å². The minimum Gasteiger partial charge on any atom is -0.457 e. The summed E-state index contributed by atoms with van der Waals surface area (Å²) in [5.41, 5.74) is 9.82. The molecule has 0 aromatic heterocycles. The van der Waals surface area contributed by atoms with Gasteiger partial charge in [0.1, 0.15) is 11.5 Å². The molecule has 0 spiro atoms. The van der Waals surface area contributed by atoms with Crippen molar-refractivity contribution in [2.24, 2.45) is 5.73 Å². The summed E-state index contributed by atoms with van der Waals surface area (Å²) >= 11 is 0. The summed E-state index contributed by atoms with van der Waals surface area (Å²) in [5, 5.41) is 2.93. The molecule has 0 atom stereocenters. The van der Waals surface area contributed by atoms with Crippen LogP contribution in [0.15, 0.2) is 66.7 Å². The SMILES string of the molecule is CCc1ccc2c(c1)CCN2C(=O)Nc1ccc(Oc2ccccc2C(N)=O)cc1. The smallest absolute Gasteiger partial charge is 0.326 e. The zero-order chi connectivity index (χ0) is 21.1. The summed E-state index contributed by atoms with van der Waals surface area (Å²) in [7, 11) is 0. The number of primary amides is 1. The maximum atomic E-state index is 12.8. The van der Waals surface area contributed by atoms with E-state index in [0.717, 1.165) is 18.5 Å². The van der Waals surface area contributed by atoms with Gasteiger partial charge in [0.25, 0.3) is 5.91 Å². The van der Waals surface area contributed by atoms with Crippen molar-refractivity contribution in [2.45, 2.75) is 19.8 Å². The molecule has 30 heavy (non-hydrogen) atoms. The number of carbonyl (C=O) groups excluding carboxylic acids is 2. The van der Waals surface area contributed by atoms with Gasteiger partial charge in [0.15, 0.2) is 0 Å². The summed E-state index contributed by atoms with van der Waals surface area (Å²) < 4.78 is 5.77. The molecule has 152 valence electrons. The van der Waals surface area contributed by atoms with E-state index >= 15 is 0 Å². The lowest BCUT2D eigenvalue weighted by molar-refractivity contribution is 0.0998. The highest BCUT2D eigenvalue weighted by atomic mass is 16.5. The Morgan fingerprint density at radius 2 is 1.83 bits per heavy atom. The highest BCUT2D eigenvalue weighted by Gasteiger charge is 2.24. The Balaban J connectivity index is 1.44. The van der Waals surface area contributed by atoms with E-state index in [1.165, 1.54) is 11.1 Å². The van der Waals surface area contributed by atoms with Crippen molar-refractivity contribution in [1.29, 1.82) is 0 Å². The average molecular weight is 401 g/mol. The number of fused-ring (bicyclic) bond motifs is 1. The van der Waals surface area contributed by atoms with Crippen LogP contribution < -0.4 is 20.7 Å². The van der Waals surface area contributed by atoms with E-state index in [-0.39, 0.29) is 6.03 Å². The van der Waals surface area contributed by atoms with Crippen molar-refractivity contribution in [1.82, 2.24) is 0 Å². The molecule has 0 saturated heterocycles. The van der Waals surface area contributed by atoms with Gasteiger partial charge in [-0.25, -0.2) is 4.79 Å². The Bertz CT molecular complexity index is 1090. The lowest BCUT2D eigenvalue weighted by atomic mass is 10.1. The van der Waals surface area contributed by atoms with Gasteiger partial charge in [0, 0.05) is 17.9 Å². The summed E-state index contributed by atoms with van der Waals surface area (Å²) in [5.74, 6) is 0.383. The van der Waals surface area contributed by atoms with Crippen molar-refractivity contribution >= 4 is 23.3 Å². The van der Waals surface area contributed by atoms with Gasteiger partial charge in [0.05, 0.1) is 5.56 Å². The molecule has 6 nitrogen and oxygen atoms in total. The molecular formula is C24H23N3O3. The van der Waals surface area contributed by atoms with Gasteiger partial charge in [-0.2, -0.15) is 0 Å². The molecular weight excluding hydrogens is 378 g/mol. The Morgan fingerprint density at radius 3 is 2.57 bits per heavy atom. The average Bonchev–Trinajstić information content (AvgIpc) is 3.18. The highest BCUT2D eigenvalue weighted by molar-refractivity contribution is 6.03. The third-order valence-corrected chi connectivity index (χ3v) is 5.18. The van der Waals surface area contributed by atoms with E-state index in [9.17, 15) is 9.59 Å². The van der Waals surface area contributed by atoms with Crippen LogP contribution >= 0.6 is 0 Å². The van der Waals surface area contributed by atoms with Crippen LogP contribution in [0.25, 0.3) is 0 Å². The van der Waals surface area contributed by atoms with Crippen molar-refractivity contribution < 1.29 is 14.3 Å². The second-order valence-corrected chi connectivity index (χ2v) is 7.14. The number of hydrogen-bond acceptors (Lipinski definition) is 3. The summed E-state index contributed by atoms with van der Waals surface area (Å²) in [6.07, 6.45) is 1.85. The van der Waals surface area contributed by atoms with Gasteiger partial charge < -0.3 is 15.8 Å². The molecule has 6 heteroatoms. The first-order valence-corrected chi connectivity index (χ1v) is 9.92. The number of anilines is 2. The first-order valence-electron chi connectivity index (χ1n) is 9.92. The second-order valence-electron chi connectivity index (χ2n) is 7.14. The molecule has 1 aliphatic rings. The number of nitrogens with two attached hydrogens (primary N) is 1. The summed E-state index contributed by atoms with van der Waals surface area (Å²) in [4.78, 5) is 26.1. The van der Waals surface area contributed by atoms with Gasteiger partial charge in [0.2, 0.25) is 0 Å². The first-order chi connectivity index (χ1) is 14.5. The van der Waals surface area contributed by atoms with Crippen LogP contribution in [0.4, 0.5) is 16.2 Å². The molecule has 0 radical (unpaired) electrons. The van der Waals surface area contributed by atoms with Crippen LogP contribution in [0.5, 0.6) is 11.5 Å². The van der Waals surface area contributed by atoms with Crippen LogP contribution in [-0.4, -0.2) is 18.5 Å². The fraction of sp³-hybridized carbons (Fsp3) is 0.167. The number of rotatable bonds is 5. The normalized spacial score (nSPS) is 12.4. The van der Waals surface area contributed by atoms with Crippen LogP contribution in [0.3, 0.4) is 0 Å². The number of benzene rings is 3. The number of hydrogen-bond donors (Lipinski definition) is 2. The fourth-order valence-corrected chi connectivity index (χ4v) is 3.57. The molecule has 3 aromatic carbocycles. The Labute approximate surface area is 175 Å². The molecule has 3 aromatic rings. The molecule has 3 N–H and O–H groups in total. The number of carbonyl (C=O) groups is 2. The maximum Gasteiger partial charge on any atom is 0.326 e. The number of nitrogens with zero attached hydrogens (tertiary/aromatic N) is 1. The number of ether oxygens (including phenoxy) is 1. The molecule has 0 aliphatic carbocycles. The monoisotopic (exact) mass is 401 g/mol. The van der Waals surface area contributed by atoms with E-state index in [1.54, 1.807) is 53.4 Å². The van der Waals surface area contributed by atoms with E-state index in [1.807, 2.05) is 6.07 Å². The second kappa shape index (κ2) is 8.29. The third-order valence-electron chi connectivity index (χ3n) is 5.18. The summed E-state index contributed by atoms with van der Waals surface area (Å²) in [6.45, 7) is 2.79. The van der Waals surface area contributed by atoms with E-state index in [2.05, 4.69) is 24.4 Å². The minimum absolute atomic E-state index is 0.161. The number of para-hydroxylation sites is 1. The van der Waals surface area contributed by atoms with E-state index in [4.69, 9.17) is 10.5 Å². The molecule has 3 amide bonds. The van der Waals surface area contributed by atoms with Crippen LogP contribution in [-0.2, 0) is 12.8 Å². The fourth-order valence-electron chi connectivity index (χ4n) is 3.57. The molecule has 1 heterocycles. The molecule has 0 unspecified atom stereocenters. The predicted molar refractivity (Wildman–Crippen MR) is 117 cm³/mol. The zero-order valence-corrected chi connectivity index (χ0v) is 16.7. The van der Waals surface area contributed by atoms with Gasteiger partial charge >= 0.3 is 6.03 Å². The number of nitrogens with one attached hydrogen (secondary N) is 1. The Morgan fingerprint density at radius 1 is 1.07 bits per heavy atom. The molecule has 0 fully saturated rings. The standard InChI is InChI=1S/C24H23N3O3/c1-2-16-7-12-21-17(15-16)13-14-27(21)24(29)26-18-8-10-19(11-9-18)30-22-6-4-3-5-20(22)23(25)28/h3-12,15H,2,13-14H2,1H3,(H2,25,28)(H,26,29). The highest BCUT2D eigenvalue weighted by Crippen LogP contribution is 2.30. The van der Waals surface area contributed by atoms with Crippen molar-refractivity contribution in [3.05, 3.63) is 83.4 Å². The lowest BCUT2D eigenvalue weighted by Crippen LogP contribution is -2.33. The molecule has 1 aliphatic heterocycles. The number of urea groups is 1. The van der Waals surface area contributed by atoms with Crippen molar-refractivity contribution in [2.75, 3.05) is 16.8 Å². The first kappa shape index (κ1) is 19.5. The van der Waals surface area contributed by atoms with Crippen molar-refractivity contribution in [3.8, 4) is 11.5 Å². The maximum absolute atomic E-state index is 12.8. The van der Waals surface area contributed by atoms with Crippen molar-refractivity contribution in [3.63, 3.8) is 0 Å². The van der Waals surface area contributed by atoms with E-state index < -0.39 is 5.91 Å². The Kier molecular flexibility index (Phi) is 5.39. The predicted octanol–water partition coefficient (Wildman–Crippen LogP) is 4.73. The van der Waals surface area contributed by atoms with Crippen LogP contribution in [0.2, 0.25) is 0 Å². The van der Waals surface area contributed by atoms with Crippen LogP contribution in [0, 0.1) is 0 Å². The number of aryl methyl sites for hydroxylation is 1. The van der Waals surface area contributed by atoms with Gasteiger partial charge in [-0.3, -0.25) is 9.69 Å². The Hall–Kier alpha value is -3.80. The minimum atomic E-state index is -0.550. The molecule has 4 rings (SSSR count). The van der Waals surface area contributed by atoms with Gasteiger partial charge in [-0.05, 0) is 66.4 Å². The van der Waals surface area contributed by atoms with Gasteiger partial charge in [-0.15, -0.1) is 0 Å². The quantitative estimate of drug-likeness (QED) is 0.648. The number of amides is 3. The van der Waals surface area contributed by atoms with Gasteiger partial charge in [-0.1, -0.05) is 31.2 Å². The molecule has 0 saturated carbocycles. The summed E-state index contributed by atoms with van der Waals surface area (Å²) in [6, 6.07) is 19.9. The van der Waals surface area contributed by atoms with E-state index in [0.29, 0.717) is 29.3 Å². The van der Waals surface area contributed by atoms with Crippen LogP contribution in [0.1, 0.15) is 28.4 Å². The largest absolute Gasteiger partial charge is 0.457 e. The lowest BCUT2D eigenvalue weighted by Gasteiger charge is -2.18. The zero-order valence-electron chi connectivity index (χ0n) is 16.7. The third kappa shape index (κ3) is 3.98.